The van der Waals surface area contributed by atoms with Crippen molar-refractivity contribution in [2.45, 2.75) is 25.4 Å². The summed E-state index contributed by atoms with van der Waals surface area (Å²) in [7, 11) is 0. The van der Waals surface area contributed by atoms with Gasteiger partial charge in [0.05, 0.1) is 43.3 Å². The maximum absolute atomic E-state index is 13.0. The molecule has 27 heavy (non-hydrogen) atoms. The number of hydrogen-bond donors (Lipinski definition) is 1. The number of fused-ring (bicyclic) bond motifs is 1. The lowest BCUT2D eigenvalue weighted by Crippen LogP contribution is -2.42. The fourth-order valence-electron chi connectivity index (χ4n) is 4.24. The van der Waals surface area contributed by atoms with E-state index in [4.69, 9.17) is 9.72 Å². The molecule has 2 aromatic rings. The zero-order chi connectivity index (χ0) is 18.6. The summed E-state index contributed by atoms with van der Waals surface area (Å²) in [6.45, 7) is 6.83. The Balaban J connectivity index is 1.61. The molecule has 1 aromatic carbocycles. The molecule has 1 atom stereocenters. The monoisotopic (exact) mass is 372 g/mol. The molecule has 4 rings (SSSR count). The van der Waals surface area contributed by atoms with Crippen LogP contribution in [0.25, 0.3) is 10.9 Å². The average molecular weight is 372 g/mol. The summed E-state index contributed by atoms with van der Waals surface area (Å²) in [5.74, 6) is 0.798. The molecule has 0 saturated carbocycles. The van der Waals surface area contributed by atoms with E-state index in [9.17, 15) is 9.90 Å². The van der Waals surface area contributed by atoms with Gasteiger partial charge in [-0.05, 0) is 31.5 Å². The molecule has 1 aromatic heterocycles. The quantitative estimate of drug-likeness (QED) is 0.811. The van der Waals surface area contributed by atoms with Crippen LogP contribution in [0.5, 0.6) is 0 Å². The molecule has 0 bridgehead atoms. The molecule has 0 aliphatic carbocycles. The molecule has 3 heterocycles. The highest BCUT2D eigenvalue weighted by atomic mass is 16.5. The maximum atomic E-state index is 13.0. The third-order valence-corrected chi connectivity index (χ3v) is 5.68. The second kappa shape index (κ2) is 8.48. The predicted molar refractivity (Wildman–Crippen MR) is 104 cm³/mol. The van der Waals surface area contributed by atoms with Crippen molar-refractivity contribution in [1.82, 2.24) is 19.4 Å². The Morgan fingerprint density at radius 3 is 2.74 bits per heavy atom. The van der Waals surface area contributed by atoms with Gasteiger partial charge in [0, 0.05) is 26.2 Å². The van der Waals surface area contributed by atoms with E-state index >= 15 is 0 Å². The molecule has 2 aliphatic rings. The first-order valence-electron chi connectivity index (χ1n) is 9.92. The first-order valence-corrected chi connectivity index (χ1v) is 9.92. The van der Waals surface area contributed by atoms with Gasteiger partial charge < -0.3 is 9.84 Å². The third-order valence-electron chi connectivity index (χ3n) is 5.68. The van der Waals surface area contributed by atoms with Crippen LogP contribution < -0.4 is 5.56 Å². The lowest BCUT2D eigenvalue weighted by Gasteiger charge is -2.31. The molecule has 1 unspecified atom stereocenters. The standard InChI is InChI=1S/C20H28N4O3/c25-13-10-24-19(21-17-5-2-1-4-16(17)20(24)26)18-6-3-7-23(18)9-8-22-11-14-27-15-12-22/h1-2,4-5,18,25H,3,6-15H2. The smallest absolute Gasteiger partial charge is 0.261 e. The summed E-state index contributed by atoms with van der Waals surface area (Å²) in [6, 6.07) is 7.62. The van der Waals surface area contributed by atoms with Crippen molar-refractivity contribution in [2.75, 3.05) is 52.5 Å². The molecule has 0 radical (unpaired) electrons. The Labute approximate surface area is 159 Å². The predicted octanol–water partition coefficient (Wildman–Crippen LogP) is 0.858. The van der Waals surface area contributed by atoms with Crippen molar-refractivity contribution >= 4 is 10.9 Å². The van der Waals surface area contributed by atoms with E-state index in [1.807, 2.05) is 24.3 Å². The van der Waals surface area contributed by atoms with Crippen LogP contribution in [0.3, 0.4) is 0 Å². The topological polar surface area (TPSA) is 70.8 Å². The zero-order valence-electron chi connectivity index (χ0n) is 15.7. The largest absolute Gasteiger partial charge is 0.395 e. The van der Waals surface area contributed by atoms with E-state index in [0.29, 0.717) is 11.9 Å². The van der Waals surface area contributed by atoms with E-state index in [1.54, 1.807) is 4.57 Å². The molecule has 7 nitrogen and oxygen atoms in total. The number of nitrogens with zero attached hydrogens (tertiary/aromatic N) is 4. The number of likely N-dealkylation sites (tertiary alicyclic amines) is 1. The molecule has 2 aliphatic heterocycles. The Morgan fingerprint density at radius 2 is 1.93 bits per heavy atom. The molecule has 146 valence electrons. The van der Waals surface area contributed by atoms with Gasteiger partial charge in [0.15, 0.2) is 0 Å². The molecule has 1 N–H and O–H groups in total. The first-order chi connectivity index (χ1) is 13.3. The minimum absolute atomic E-state index is 0.0512. The summed E-state index contributed by atoms with van der Waals surface area (Å²) >= 11 is 0. The SMILES string of the molecule is O=c1c2ccccc2nc(C2CCCN2CCN2CCOCC2)n1CCO. The fourth-order valence-corrected chi connectivity index (χ4v) is 4.24. The second-order valence-corrected chi connectivity index (χ2v) is 7.32. The maximum Gasteiger partial charge on any atom is 0.261 e. The Bertz CT molecular complexity index is 832. The highest BCUT2D eigenvalue weighted by Gasteiger charge is 2.30. The number of para-hydroxylation sites is 1. The second-order valence-electron chi connectivity index (χ2n) is 7.32. The number of morpholine rings is 1. The fraction of sp³-hybridized carbons (Fsp3) is 0.600. The van der Waals surface area contributed by atoms with Crippen molar-refractivity contribution in [3.63, 3.8) is 0 Å². The van der Waals surface area contributed by atoms with E-state index in [0.717, 1.165) is 70.1 Å². The number of rotatable bonds is 6. The Hall–Kier alpha value is -1.80. The number of benzene rings is 1. The summed E-state index contributed by atoms with van der Waals surface area (Å²) in [5, 5.41) is 10.1. The van der Waals surface area contributed by atoms with Gasteiger partial charge in [-0.15, -0.1) is 0 Å². The van der Waals surface area contributed by atoms with Crippen LogP contribution in [0, 0.1) is 0 Å². The Morgan fingerprint density at radius 1 is 1.11 bits per heavy atom. The summed E-state index contributed by atoms with van der Waals surface area (Å²) in [4.78, 5) is 22.7. The van der Waals surface area contributed by atoms with Gasteiger partial charge in [0.25, 0.3) is 5.56 Å². The lowest BCUT2D eigenvalue weighted by molar-refractivity contribution is 0.0324. The van der Waals surface area contributed by atoms with Crippen molar-refractivity contribution < 1.29 is 9.84 Å². The minimum Gasteiger partial charge on any atom is -0.395 e. The number of hydrogen-bond acceptors (Lipinski definition) is 6. The van der Waals surface area contributed by atoms with E-state index in [1.165, 1.54) is 0 Å². The lowest BCUT2D eigenvalue weighted by atomic mass is 10.1. The van der Waals surface area contributed by atoms with Crippen molar-refractivity contribution in [1.29, 1.82) is 0 Å². The molecule has 0 amide bonds. The Kier molecular flexibility index (Phi) is 5.83. The average Bonchev–Trinajstić information content (AvgIpc) is 3.18. The number of aromatic nitrogens is 2. The van der Waals surface area contributed by atoms with Crippen LogP contribution in [0.4, 0.5) is 0 Å². The van der Waals surface area contributed by atoms with E-state index in [-0.39, 0.29) is 18.2 Å². The van der Waals surface area contributed by atoms with Crippen LogP contribution in [0.2, 0.25) is 0 Å². The van der Waals surface area contributed by atoms with Gasteiger partial charge in [0.1, 0.15) is 5.82 Å². The van der Waals surface area contributed by atoms with Crippen molar-refractivity contribution in [3.05, 3.63) is 40.4 Å². The van der Waals surface area contributed by atoms with Gasteiger partial charge in [-0.25, -0.2) is 4.98 Å². The summed E-state index contributed by atoms with van der Waals surface area (Å²) in [5.41, 5.74) is 0.691. The first kappa shape index (κ1) is 18.6. The summed E-state index contributed by atoms with van der Waals surface area (Å²) < 4.78 is 7.11. The normalized spacial score (nSPS) is 21.9. The van der Waals surface area contributed by atoms with Crippen molar-refractivity contribution in [3.8, 4) is 0 Å². The van der Waals surface area contributed by atoms with Crippen LogP contribution in [-0.4, -0.2) is 77.0 Å². The van der Waals surface area contributed by atoms with E-state index < -0.39 is 0 Å². The minimum atomic E-state index is -0.0621. The van der Waals surface area contributed by atoms with Crippen LogP contribution in [0.15, 0.2) is 29.1 Å². The number of aliphatic hydroxyl groups is 1. The number of ether oxygens (including phenoxy) is 1. The highest BCUT2D eigenvalue weighted by Crippen LogP contribution is 2.30. The van der Waals surface area contributed by atoms with Gasteiger partial charge in [-0.3, -0.25) is 19.2 Å². The van der Waals surface area contributed by atoms with E-state index in [2.05, 4.69) is 9.80 Å². The van der Waals surface area contributed by atoms with Crippen LogP contribution in [-0.2, 0) is 11.3 Å². The summed E-state index contributed by atoms with van der Waals surface area (Å²) in [6.07, 6.45) is 2.11. The number of aliphatic hydroxyl groups excluding tert-OH is 1. The van der Waals surface area contributed by atoms with Crippen molar-refractivity contribution in [2.24, 2.45) is 0 Å². The van der Waals surface area contributed by atoms with Gasteiger partial charge in [0.2, 0.25) is 0 Å². The molecule has 2 fully saturated rings. The molecule has 7 heteroatoms. The molecular weight excluding hydrogens is 344 g/mol. The van der Waals surface area contributed by atoms with Gasteiger partial charge >= 0.3 is 0 Å². The van der Waals surface area contributed by atoms with Gasteiger partial charge in [-0.1, -0.05) is 12.1 Å². The molecule has 2 saturated heterocycles. The molecule has 0 spiro atoms. The van der Waals surface area contributed by atoms with Gasteiger partial charge in [-0.2, -0.15) is 0 Å². The zero-order valence-corrected chi connectivity index (χ0v) is 15.7. The highest BCUT2D eigenvalue weighted by molar-refractivity contribution is 5.77. The third kappa shape index (κ3) is 3.91. The van der Waals surface area contributed by atoms with Crippen LogP contribution in [0.1, 0.15) is 24.7 Å². The molecular formula is C20H28N4O3. The van der Waals surface area contributed by atoms with Crippen LogP contribution >= 0.6 is 0 Å².